The number of hydrogen-bond donors (Lipinski definition) is 1. The van der Waals surface area contributed by atoms with Gasteiger partial charge in [0.2, 0.25) is 0 Å². The van der Waals surface area contributed by atoms with Crippen LogP contribution < -0.4 is 5.32 Å². The minimum Gasteiger partial charge on any atom is -0.452 e. The number of thiocarbonyl (C=S) groups is 1. The van der Waals surface area contributed by atoms with Crippen LogP contribution in [0.5, 0.6) is 0 Å². The molecular formula is C18H28N4O3S2. The lowest BCUT2D eigenvalue weighted by Crippen LogP contribution is -2.36. The van der Waals surface area contributed by atoms with Gasteiger partial charge in [0.05, 0.1) is 22.8 Å². The third kappa shape index (κ3) is 5.93. The fraction of sp³-hybridized carbons (Fsp3) is 0.667. The van der Waals surface area contributed by atoms with Crippen molar-refractivity contribution >= 4 is 45.9 Å². The summed E-state index contributed by atoms with van der Waals surface area (Å²) in [5.41, 5.74) is 2.22. The van der Waals surface area contributed by atoms with Gasteiger partial charge in [-0.2, -0.15) is 5.10 Å². The maximum atomic E-state index is 12.3. The van der Waals surface area contributed by atoms with Gasteiger partial charge in [-0.15, -0.1) is 0 Å². The average Bonchev–Trinajstić information content (AvgIpc) is 2.86. The van der Waals surface area contributed by atoms with Crippen LogP contribution in [0.3, 0.4) is 0 Å². The first-order chi connectivity index (χ1) is 12.7. The van der Waals surface area contributed by atoms with Crippen LogP contribution in [0.1, 0.15) is 38.1 Å². The summed E-state index contributed by atoms with van der Waals surface area (Å²) in [5, 5.41) is 7.04. The number of thioether (sulfide) groups is 1. The summed E-state index contributed by atoms with van der Waals surface area (Å²) in [6, 6.07) is 0. The number of esters is 1. The molecule has 1 amide bonds. The Kier molecular flexibility index (Phi) is 7.67. The van der Waals surface area contributed by atoms with E-state index in [0.717, 1.165) is 47.6 Å². The second kappa shape index (κ2) is 9.54. The lowest BCUT2D eigenvalue weighted by Gasteiger charge is -2.31. The highest BCUT2D eigenvalue weighted by molar-refractivity contribution is 8.23. The number of rotatable bonds is 5. The van der Waals surface area contributed by atoms with E-state index in [1.165, 1.54) is 11.8 Å². The molecule has 1 aromatic rings. The highest BCUT2D eigenvalue weighted by Gasteiger charge is 2.22. The van der Waals surface area contributed by atoms with Gasteiger partial charge in [-0.25, -0.2) is 0 Å². The molecule has 1 fully saturated rings. The van der Waals surface area contributed by atoms with E-state index in [1.807, 2.05) is 20.9 Å². The summed E-state index contributed by atoms with van der Waals surface area (Å²) in [7, 11) is 1.81. The van der Waals surface area contributed by atoms with Crippen molar-refractivity contribution in [2.24, 2.45) is 13.0 Å². The lowest BCUT2D eigenvalue weighted by atomic mass is 10.00. The molecule has 0 radical (unpaired) electrons. The Morgan fingerprint density at radius 2 is 2.00 bits per heavy atom. The normalized spacial score (nSPS) is 16.1. The highest BCUT2D eigenvalue weighted by atomic mass is 32.2. The molecule has 0 aliphatic carbocycles. The molecule has 1 aromatic heterocycles. The third-order valence-corrected chi connectivity index (χ3v) is 6.29. The number of carbonyl (C=O) groups is 2. The summed E-state index contributed by atoms with van der Waals surface area (Å²) in [6.07, 6.45) is 1.35. The number of amides is 1. The zero-order valence-corrected chi connectivity index (χ0v) is 18.2. The van der Waals surface area contributed by atoms with Gasteiger partial charge in [-0.3, -0.25) is 14.3 Å². The molecule has 0 bridgehead atoms. The number of nitrogens with one attached hydrogen (secondary N) is 1. The SMILES string of the molecule is Cc1nn(C)c(C)c1NC(=O)C(C)OC(=O)CSC(=S)N1CCC(C)CC1. The third-order valence-electron chi connectivity index (χ3n) is 4.79. The van der Waals surface area contributed by atoms with Crippen LogP contribution in [-0.4, -0.2) is 55.8 Å². The molecule has 9 heteroatoms. The van der Waals surface area contributed by atoms with Crippen molar-refractivity contribution < 1.29 is 14.3 Å². The first kappa shape index (κ1) is 21.7. The van der Waals surface area contributed by atoms with E-state index in [0.29, 0.717) is 5.69 Å². The van der Waals surface area contributed by atoms with Gasteiger partial charge in [-0.1, -0.05) is 30.9 Å². The summed E-state index contributed by atoms with van der Waals surface area (Å²) < 4.78 is 7.66. The maximum absolute atomic E-state index is 12.3. The number of aromatic nitrogens is 2. The van der Waals surface area contributed by atoms with Crippen LogP contribution in [0, 0.1) is 19.8 Å². The predicted octanol–water partition coefficient (Wildman–Crippen LogP) is 2.66. The molecule has 1 saturated heterocycles. The molecule has 0 saturated carbocycles. The first-order valence-electron chi connectivity index (χ1n) is 9.11. The average molecular weight is 413 g/mol. The molecule has 2 rings (SSSR count). The highest BCUT2D eigenvalue weighted by Crippen LogP contribution is 2.21. The molecule has 0 aromatic carbocycles. The monoisotopic (exact) mass is 412 g/mol. The summed E-state index contributed by atoms with van der Waals surface area (Å²) >= 11 is 6.70. The largest absolute Gasteiger partial charge is 0.452 e. The van der Waals surface area contributed by atoms with Gasteiger partial charge in [0.25, 0.3) is 5.91 Å². The zero-order valence-electron chi connectivity index (χ0n) is 16.6. The van der Waals surface area contributed by atoms with Crippen LogP contribution in [0.15, 0.2) is 0 Å². The molecule has 27 heavy (non-hydrogen) atoms. The zero-order chi connectivity index (χ0) is 20.1. The lowest BCUT2D eigenvalue weighted by molar-refractivity contribution is -0.150. The van der Waals surface area contributed by atoms with Crippen LogP contribution in [-0.2, 0) is 21.4 Å². The van der Waals surface area contributed by atoms with Crippen molar-refractivity contribution in [2.45, 2.75) is 46.6 Å². The Bertz CT molecular complexity index is 712. The second-order valence-electron chi connectivity index (χ2n) is 7.01. The second-order valence-corrected chi connectivity index (χ2v) is 8.62. The Hall–Kier alpha value is -1.61. The van der Waals surface area contributed by atoms with Crippen molar-refractivity contribution in [1.29, 1.82) is 0 Å². The number of aryl methyl sites for hydroxylation is 2. The number of anilines is 1. The van der Waals surface area contributed by atoms with E-state index in [4.69, 9.17) is 17.0 Å². The van der Waals surface area contributed by atoms with E-state index in [1.54, 1.807) is 11.6 Å². The predicted molar refractivity (Wildman–Crippen MR) is 112 cm³/mol. The van der Waals surface area contributed by atoms with Crippen molar-refractivity contribution in [2.75, 3.05) is 24.2 Å². The molecule has 0 spiro atoms. The Morgan fingerprint density at radius 1 is 1.37 bits per heavy atom. The summed E-state index contributed by atoms with van der Waals surface area (Å²) in [6.45, 7) is 9.36. The van der Waals surface area contributed by atoms with E-state index in [-0.39, 0.29) is 11.7 Å². The molecule has 150 valence electrons. The molecule has 1 unspecified atom stereocenters. The first-order valence-corrected chi connectivity index (χ1v) is 10.5. The number of nitrogens with zero attached hydrogens (tertiary/aromatic N) is 3. The van der Waals surface area contributed by atoms with Crippen LogP contribution in [0.4, 0.5) is 5.69 Å². The van der Waals surface area contributed by atoms with Crippen LogP contribution in [0.2, 0.25) is 0 Å². The van der Waals surface area contributed by atoms with E-state index < -0.39 is 12.1 Å². The van der Waals surface area contributed by atoms with Gasteiger partial charge < -0.3 is 15.0 Å². The topological polar surface area (TPSA) is 76.5 Å². The summed E-state index contributed by atoms with van der Waals surface area (Å²) in [5.74, 6) is 0.00797. The Balaban J connectivity index is 1.77. The fourth-order valence-corrected chi connectivity index (χ4v) is 3.90. The molecular weight excluding hydrogens is 384 g/mol. The molecule has 2 heterocycles. The number of hydrogen-bond acceptors (Lipinski definition) is 6. The fourth-order valence-electron chi connectivity index (χ4n) is 2.87. The van der Waals surface area contributed by atoms with Gasteiger partial charge in [0, 0.05) is 20.1 Å². The minimum absolute atomic E-state index is 0.105. The Morgan fingerprint density at radius 3 is 2.56 bits per heavy atom. The maximum Gasteiger partial charge on any atom is 0.317 e. The van der Waals surface area contributed by atoms with Crippen molar-refractivity contribution in [3.63, 3.8) is 0 Å². The van der Waals surface area contributed by atoms with E-state index in [2.05, 4.69) is 22.2 Å². The molecule has 1 aliphatic heterocycles. The van der Waals surface area contributed by atoms with Crippen molar-refractivity contribution in [1.82, 2.24) is 14.7 Å². The molecule has 7 nitrogen and oxygen atoms in total. The number of likely N-dealkylation sites (tertiary alicyclic amines) is 1. The van der Waals surface area contributed by atoms with Crippen molar-refractivity contribution in [3.8, 4) is 0 Å². The smallest absolute Gasteiger partial charge is 0.317 e. The molecule has 1 N–H and O–H groups in total. The number of ether oxygens (including phenoxy) is 1. The Labute approximate surface area is 170 Å². The van der Waals surface area contributed by atoms with Gasteiger partial charge in [0.1, 0.15) is 4.32 Å². The minimum atomic E-state index is -0.887. The van der Waals surface area contributed by atoms with Crippen LogP contribution >= 0.6 is 24.0 Å². The van der Waals surface area contributed by atoms with Gasteiger partial charge in [0.15, 0.2) is 6.10 Å². The summed E-state index contributed by atoms with van der Waals surface area (Å²) in [4.78, 5) is 26.5. The van der Waals surface area contributed by atoms with Crippen LogP contribution in [0.25, 0.3) is 0 Å². The number of piperidine rings is 1. The van der Waals surface area contributed by atoms with Gasteiger partial charge in [-0.05, 0) is 39.5 Å². The standard InChI is InChI=1S/C18H28N4O3S2/c1-11-6-8-22(9-7-11)18(26)27-10-15(23)25-14(4)17(24)19-16-12(2)20-21(5)13(16)3/h11,14H,6-10H2,1-5H3,(H,19,24). The van der Waals surface area contributed by atoms with E-state index in [9.17, 15) is 9.59 Å². The molecule has 1 aliphatic rings. The molecule has 1 atom stereocenters. The van der Waals surface area contributed by atoms with E-state index >= 15 is 0 Å². The van der Waals surface area contributed by atoms with Crippen molar-refractivity contribution in [3.05, 3.63) is 11.4 Å². The quantitative estimate of drug-likeness (QED) is 0.588. The number of carbonyl (C=O) groups excluding carboxylic acids is 2. The van der Waals surface area contributed by atoms with Gasteiger partial charge >= 0.3 is 5.97 Å².